The van der Waals surface area contributed by atoms with Crippen LogP contribution < -0.4 is 0 Å². The third-order valence-corrected chi connectivity index (χ3v) is 3.83. The first kappa shape index (κ1) is 12.9. The van der Waals surface area contributed by atoms with Gasteiger partial charge in [-0.05, 0) is 0 Å². The minimum Gasteiger partial charge on any atom is -0.396 e. The molecule has 0 unspecified atom stereocenters. The minimum absolute atomic E-state index is 0.132. The van der Waals surface area contributed by atoms with E-state index in [1.807, 2.05) is 0 Å². The van der Waals surface area contributed by atoms with Gasteiger partial charge in [-0.3, -0.25) is 0 Å². The van der Waals surface area contributed by atoms with Gasteiger partial charge < -0.3 is 14.9 Å². The third-order valence-electron chi connectivity index (χ3n) is 1.62. The number of aliphatic hydroxyl groups excluding tert-OH is 2. The Morgan fingerprint density at radius 3 is 2.23 bits per heavy atom. The van der Waals surface area contributed by atoms with Crippen molar-refractivity contribution in [2.75, 3.05) is 26.9 Å². The van der Waals surface area contributed by atoms with Gasteiger partial charge in [0.1, 0.15) is 5.25 Å². The molecule has 0 aromatic carbocycles. The topological polar surface area (TPSA) is 83.8 Å². The summed E-state index contributed by atoms with van der Waals surface area (Å²) in [7, 11) is 2.76. The minimum atomic E-state index is -3.71. The van der Waals surface area contributed by atoms with Crippen LogP contribution in [0, 0.1) is 0 Å². The van der Waals surface area contributed by atoms with Crippen molar-refractivity contribution in [2.24, 2.45) is 0 Å². The molecule has 0 saturated heterocycles. The zero-order chi connectivity index (χ0) is 10.5. The van der Waals surface area contributed by atoms with E-state index in [4.69, 9.17) is 18.1 Å². The number of ether oxygens (including phenoxy) is 1. The summed E-state index contributed by atoms with van der Waals surface area (Å²) in [4.78, 5) is 0. The second kappa shape index (κ2) is 5.59. The summed E-state index contributed by atoms with van der Waals surface area (Å²) in [5.74, 6) is 0. The predicted octanol–water partition coefficient (Wildman–Crippen LogP) is -2.10. The van der Waals surface area contributed by atoms with E-state index in [9.17, 15) is 8.42 Å². The van der Waals surface area contributed by atoms with E-state index in [1.54, 1.807) is 0 Å². The van der Waals surface area contributed by atoms with Gasteiger partial charge >= 0.3 is 0 Å². The third kappa shape index (κ3) is 3.26. The molecule has 13 heavy (non-hydrogen) atoms. The zero-order valence-corrected chi connectivity index (χ0v) is 8.20. The van der Waals surface area contributed by atoms with Crippen LogP contribution in [0.4, 0.5) is 0 Å². The molecule has 0 amide bonds. The summed E-state index contributed by atoms with van der Waals surface area (Å²) in [6.45, 7) is -1.36. The van der Waals surface area contributed by atoms with Crippen molar-refractivity contribution in [3.05, 3.63) is 0 Å². The smallest absolute Gasteiger partial charge is 0.154 e. The maximum atomic E-state index is 11.4. The summed E-state index contributed by atoms with van der Waals surface area (Å²) in [6.07, 6.45) is 0. The van der Waals surface area contributed by atoms with Crippen LogP contribution in [0.5, 0.6) is 0 Å². The van der Waals surface area contributed by atoms with Crippen LogP contribution in [-0.4, -0.2) is 63.8 Å². The lowest BCUT2D eigenvalue weighted by Gasteiger charge is -2.18. The predicted molar refractivity (Wildman–Crippen MR) is 48.3 cm³/mol. The van der Waals surface area contributed by atoms with E-state index < -0.39 is 33.5 Å². The molecule has 2 atom stereocenters. The van der Waals surface area contributed by atoms with Crippen LogP contribution in [-0.2, 0) is 14.6 Å². The lowest BCUT2D eigenvalue weighted by molar-refractivity contribution is 0.168. The number of hydrogen-bond donors (Lipinski definition) is 2. The molecular weight excluding hydrogens is 195 g/mol. The maximum Gasteiger partial charge on any atom is 0.154 e. The van der Waals surface area contributed by atoms with Crippen molar-refractivity contribution in [3.63, 3.8) is 0 Å². The van der Waals surface area contributed by atoms with Crippen LogP contribution >= 0.6 is 0 Å². The van der Waals surface area contributed by atoms with Crippen molar-refractivity contribution in [3.8, 4) is 0 Å². The molecular formula is C6H13BO5S. The average molecular weight is 208 g/mol. The molecule has 0 spiro atoms. The van der Waals surface area contributed by atoms with Crippen molar-refractivity contribution in [2.45, 2.75) is 10.4 Å². The molecule has 0 aliphatic carbocycles. The van der Waals surface area contributed by atoms with Crippen LogP contribution in [0.25, 0.3) is 0 Å². The van der Waals surface area contributed by atoms with Gasteiger partial charge in [0.2, 0.25) is 0 Å². The molecule has 0 saturated carbocycles. The molecule has 0 aromatic heterocycles. The number of sulfone groups is 1. The van der Waals surface area contributed by atoms with Crippen LogP contribution in [0.3, 0.4) is 0 Å². The Labute approximate surface area is 79.0 Å². The first-order chi connectivity index (χ1) is 6.00. The van der Waals surface area contributed by atoms with Crippen molar-refractivity contribution >= 4 is 17.7 Å². The highest BCUT2D eigenvalue weighted by Gasteiger charge is 2.29. The standard InChI is InChI=1S/C6H13BO5S/c1-12-4-5(2-8)13(10,11)6(7)3-9/h5-6,8-9H,2-4H2,1H3/t5-,6+/m0/s1. The molecule has 0 aliphatic heterocycles. The second-order valence-electron chi connectivity index (χ2n) is 2.57. The number of methoxy groups -OCH3 is 1. The van der Waals surface area contributed by atoms with Gasteiger partial charge in [0.15, 0.2) is 9.84 Å². The van der Waals surface area contributed by atoms with E-state index in [-0.39, 0.29) is 6.61 Å². The number of aliphatic hydroxyl groups is 2. The van der Waals surface area contributed by atoms with Crippen LogP contribution in [0.2, 0.25) is 0 Å². The molecule has 0 rings (SSSR count). The fourth-order valence-electron chi connectivity index (χ4n) is 0.788. The van der Waals surface area contributed by atoms with Gasteiger partial charge in [0.05, 0.1) is 27.7 Å². The van der Waals surface area contributed by atoms with Gasteiger partial charge in [0, 0.05) is 12.3 Å². The molecule has 5 nitrogen and oxygen atoms in total. The molecule has 0 aliphatic rings. The SMILES string of the molecule is [B][C@@H](CO)S(=O)(=O)[C@@H](CO)COC. The largest absolute Gasteiger partial charge is 0.396 e. The molecule has 0 fully saturated rings. The first-order valence-corrected chi connectivity index (χ1v) is 5.30. The molecule has 0 aromatic rings. The van der Waals surface area contributed by atoms with E-state index in [2.05, 4.69) is 4.74 Å². The lowest BCUT2D eigenvalue weighted by Crippen LogP contribution is -2.39. The Balaban J connectivity index is 4.57. The molecule has 2 radical (unpaired) electrons. The van der Waals surface area contributed by atoms with Gasteiger partial charge in [-0.2, -0.15) is 0 Å². The average Bonchev–Trinajstić information content (AvgIpc) is 2.12. The van der Waals surface area contributed by atoms with Crippen molar-refractivity contribution in [1.29, 1.82) is 0 Å². The Hall–Kier alpha value is -0.105. The van der Waals surface area contributed by atoms with Gasteiger partial charge in [-0.1, -0.05) is 0 Å². The summed E-state index contributed by atoms with van der Waals surface area (Å²) in [5, 5.41) is 14.9. The van der Waals surface area contributed by atoms with Crippen molar-refractivity contribution in [1.82, 2.24) is 0 Å². The monoisotopic (exact) mass is 208 g/mol. The molecule has 0 heterocycles. The molecule has 2 N–H and O–H groups in total. The van der Waals surface area contributed by atoms with Crippen LogP contribution in [0.15, 0.2) is 0 Å². The van der Waals surface area contributed by atoms with Gasteiger partial charge in [0.25, 0.3) is 0 Å². The highest BCUT2D eigenvalue weighted by Crippen LogP contribution is 2.07. The van der Waals surface area contributed by atoms with E-state index >= 15 is 0 Å². The molecule has 7 heteroatoms. The summed E-state index contributed by atoms with van der Waals surface area (Å²) in [6, 6.07) is 0. The Bertz CT molecular complexity index is 227. The lowest BCUT2D eigenvalue weighted by atomic mass is 10.1. The summed E-state index contributed by atoms with van der Waals surface area (Å²) >= 11 is 0. The Morgan fingerprint density at radius 2 is 1.92 bits per heavy atom. The second-order valence-corrected chi connectivity index (χ2v) is 5.02. The normalized spacial score (nSPS) is 16.8. The van der Waals surface area contributed by atoms with Crippen molar-refractivity contribution < 1.29 is 23.4 Å². The fourth-order valence-corrected chi connectivity index (χ4v) is 2.02. The first-order valence-electron chi connectivity index (χ1n) is 3.69. The van der Waals surface area contributed by atoms with Crippen LogP contribution in [0.1, 0.15) is 0 Å². The summed E-state index contributed by atoms with van der Waals surface area (Å²) < 4.78 is 27.3. The molecule has 0 bridgehead atoms. The summed E-state index contributed by atoms with van der Waals surface area (Å²) in [5.41, 5.74) is 0. The Morgan fingerprint density at radius 1 is 1.38 bits per heavy atom. The number of rotatable bonds is 6. The van der Waals surface area contributed by atoms with Gasteiger partial charge in [-0.25, -0.2) is 8.42 Å². The highest BCUT2D eigenvalue weighted by atomic mass is 32.2. The maximum absolute atomic E-state index is 11.4. The fraction of sp³-hybridized carbons (Fsp3) is 1.00. The van der Waals surface area contributed by atoms with E-state index in [0.29, 0.717) is 0 Å². The quantitative estimate of drug-likeness (QED) is 0.488. The Kier molecular flexibility index (Phi) is 5.54. The van der Waals surface area contributed by atoms with E-state index in [0.717, 1.165) is 0 Å². The van der Waals surface area contributed by atoms with Gasteiger partial charge in [-0.15, -0.1) is 0 Å². The zero-order valence-electron chi connectivity index (χ0n) is 7.38. The highest BCUT2D eigenvalue weighted by molar-refractivity contribution is 7.93. The molecule has 76 valence electrons. The van der Waals surface area contributed by atoms with E-state index in [1.165, 1.54) is 7.11 Å². The number of hydrogen-bond acceptors (Lipinski definition) is 5.